The van der Waals surface area contributed by atoms with Gasteiger partial charge in [-0.3, -0.25) is 0 Å². The molecule has 0 aliphatic rings. The SMILES string of the molecule is COCCCNC(=O)NCCOc1ccc(OC)cc1. The molecule has 6 heteroatoms. The van der Waals surface area contributed by atoms with Gasteiger partial charge in [-0.25, -0.2) is 4.79 Å². The van der Waals surface area contributed by atoms with E-state index in [1.54, 1.807) is 14.2 Å². The third-order valence-corrected chi connectivity index (χ3v) is 2.53. The quantitative estimate of drug-likeness (QED) is 0.672. The number of nitrogens with one attached hydrogen (secondary N) is 2. The Morgan fingerprint density at radius 3 is 2.30 bits per heavy atom. The van der Waals surface area contributed by atoms with Crippen molar-refractivity contribution in [3.05, 3.63) is 24.3 Å². The summed E-state index contributed by atoms with van der Waals surface area (Å²) in [5.74, 6) is 1.53. The van der Waals surface area contributed by atoms with Gasteiger partial charge in [-0.15, -0.1) is 0 Å². The Kier molecular flexibility index (Phi) is 7.98. The van der Waals surface area contributed by atoms with Crippen LogP contribution in [0.15, 0.2) is 24.3 Å². The van der Waals surface area contributed by atoms with E-state index < -0.39 is 0 Å². The fourth-order valence-electron chi connectivity index (χ4n) is 1.49. The van der Waals surface area contributed by atoms with E-state index in [9.17, 15) is 4.79 Å². The molecule has 1 rings (SSSR count). The Hall–Kier alpha value is -1.95. The molecule has 2 N–H and O–H groups in total. The molecule has 0 saturated carbocycles. The van der Waals surface area contributed by atoms with Gasteiger partial charge < -0.3 is 24.8 Å². The van der Waals surface area contributed by atoms with E-state index in [4.69, 9.17) is 14.2 Å². The van der Waals surface area contributed by atoms with Gasteiger partial charge in [-0.1, -0.05) is 0 Å². The monoisotopic (exact) mass is 282 g/mol. The van der Waals surface area contributed by atoms with Crippen molar-refractivity contribution in [2.24, 2.45) is 0 Å². The minimum Gasteiger partial charge on any atom is -0.497 e. The molecule has 0 saturated heterocycles. The molecule has 1 aromatic carbocycles. The Morgan fingerprint density at radius 2 is 1.65 bits per heavy atom. The van der Waals surface area contributed by atoms with Crippen molar-refractivity contribution in [3.63, 3.8) is 0 Å². The molecule has 0 fully saturated rings. The van der Waals surface area contributed by atoms with E-state index in [1.165, 1.54) is 0 Å². The molecular formula is C14H22N2O4. The Balaban J connectivity index is 2.07. The summed E-state index contributed by atoms with van der Waals surface area (Å²) < 4.78 is 15.4. The van der Waals surface area contributed by atoms with Crippen molar-refractivity contribution in [1.29, 1.82) is 0 Å². The van der Waals surface area contributed by atoms with E-state index in [0.717, 1.165) is 17.9 Å². The van der Waals surface area contributed by atoms with Crippen molar-refractivity contribution >= 4 is 6.03 Å². The highest BCUT2D eigenvalue weighted by molar-refractivity contribution is 5.73. The summed E-state index contributed by atoms with van der Waals surface area (Å²) in [4.78, 5) is 11.4. The van der Waals surface area contributed by atoms with Gasteiger partial charge in [-0.2, -0.15) is 0 Å². The van der Waals surface area contributed by atoms with Crippen molar-refractivity contribution in [2.45, 2.75) is 6.42 Å². The highest BCUT2D eigenvalue weighted by Crippen LogP contribution is 2.16. The van der Waals surface area contributed by atoms with E-state index in [0.29, 0.717) is 26.3 Å². The van der Waals surface area contributed by atoms with Crippen LogP contribution < -0.4 is 20.1 Å². The van der Waals surface area contributed by atoms with Crippen LogP contribution in [0.25, 0.3) is 0 Å². The largest absolute Gasteiger partial charge is 0.497 e. The Labute approximate surface area is 119 Å². The molecule has 0 aliphatic heterocycles. The number of hydrogen-bond donors (Lipinski definition) is 2. The lowest BCUT2D eigenvalue weighted by Gasteiger charge is -2.09. The second-order valence-electron chi connectivity index (χ2n) is 4.05. The van der Waals surface area contributed by atoms with Crippen LogP contribution in [-0.2, 0) is 4.74 Å². The number of urea groups is 1. The maximum absolute atomic E-state index is 11.4. The molecule has 112 valence electrons. The molecule has 2 amide bonds. The van der Waals surface area contributed by atoms with Gasteiger partial charge in [0.2, 0.25) is 0 Å². The van der Waals surface area contributed by atoms with Crippen molar-refractivity contribution < 1.29 is 19.0 Å². The number of hydrogen-bond acceptors (Lipinski definition) is 4. The summed E-state index contributed by atoms with van der Waals surface area (Å²) in [7, 11) is 3.25. The number of carbonyl (C=O) groups excluding carboxylic acids is 1. The average Bonchev–Trinajstić information content (AvgIpc) is 2.49. The first-order valence-corrected chi connectivity index (χ1v) is 6.53. The molecule has 0 heterocycles. The summed E-state index contributed by atoms with van der Waals surface area (Å²) in [5, 5.41) is 5.44. The van der Waals surface area contributed by atoms with Crippen molar-refractivity contribution in [2.75, 3.05) is 40.5 Å². The maximum atomic E-state index is 11.4. The molecule has 0 bridgehead atoms. The van der Waals surface area contributed by atoms with Crippen LogP contribution in [0, 0.1) is 0 Å². The minimum absolute atomic E-state index is 0.195. The number of benzene rings is 1. The van der Waals surface area contributed by atoms with Crippen LogP contribution in [0.1, 0.15) is 6.42 Å². The molecule has 6 nitrogen and oxygen atoms in total. The summed E-state index contributed by atoms with van der Waals surface area (Å²) in [6.07, 6.45) is 0.798. The van der Waals surface area contributed by atoms with Crippen LogP contribution in [0.3, 0.4) is 0 Å². The Bertz CT molecular complexity index is 381. The predicted molar refractivity (Wildman–Crippen MR) is 76.4 cm³/mol. The lowest BCUT2D eigenvalue weighted by molar-refractivity contribution is 0.193. The molecule has 0 atom stereocenters. The summed E-state index contributed by atoms with van der Waals surface area (Å²) in [5.41, 5.74) is 0. The topological polar surface area (TPSA) is 68.8 Å². The molecule has 20 heavy (non-hydrogen) atoms. The first-order chi connectivity index (χ1) is 9.76. The van der Waals surface area contributed by atoms with Crippen LogP contribution in [0.5, 0.6) is 11.5 Å². The second kappa shape index (κ2) is 9.91. The van der Waals surface area contributed by atoms with Gasteiger partial charge in [-0.05, 0) is 30.7 Å². The lowest BCUT2D eigenvalue weighted by atomic mass is 10.3. The molecule has 0 unspecified atom stereocenters. The number of rotatable bonds is 9. The minimum atomic E-state index is -0.195. The van der Waals surface area contributed by atoms with E-state index in [-0.39, 0.29) is 6.03 Å². The van der Waals surface area contributed by atoms with E-state index in [2.05, 4.69) is 10.6 Å². The van der Waals surface area contributed by atoms with Gasteiger partial charge >= 0.3 is 6.03 Å². The van der Waals surface area contributed by atoms with Gasteiger partial charge in [0.25, 0.3) is 0 Å². The zero-order valence-electron chi connectivity index (χ0n) is 12.0. The average molecular weight is 282 g/mol. The van der Waals surface area contributed by atoms with Gasteiger partial charge in [0.15, 0.2) is 0 Å². The molecular weight excluding hydrogens is 260 g/mol. The highest BCUT2D eigenvalue weighted by Gasteiger charge is 1.99. The highest BCUT2D eigenvalue weighted by atomic mass is 16.5. The predicted octanol–water partition coefficient (Wildman–Crippen LogP) is 1.41. The third kappa shape index (κ3) is 6.84. The van der Waals surface area contributed by atoms with E-state index >= 15 is 0 Å². The summed E-state index contributed by atoms with van der Waals surface area (Å²) >= 11 is 0. The number of ether oxygens (including phenoxy) is 3. The van der Waals surface area contributed by atoms with E-state index in [1.807, 2.05) is 24.3 Å². The van der Waals surface area contributed by atoms with Crippen LogP contribution in [-0.4, -0.2) is 46.6 Å². The second-order valence-corrected chi connectivity index (χ2v) is 4.05. The summed E-state index contributed by atoms with van der Waals surface area (Å²) in [6.45, 7) is 2.10. The first-order valence-electron chi connectivity index (χ1n) is 6.53. The van der Waals surface area contributed by atoms with Crippen molar-refractivity contribution in [1.82, 2.24) is 10.6 Å². The number of methoxy groups -OCH3 is 2. The zero-order chi connectivity index (χ0) is 14.6. The maximum Gasteiger partial charge on any atom is 0.314 e. The standard InChI is InChI=1S/C14H22N2O4/c1-18-10-3-8-15-14(17)16-9-11-20-13-6-4-12(19-2)5-7-13/h4-7H,3,8-11H2,1-2H3,(H2,15,16,17). The van der Waals surface area contributed by atoms with Gasteiger partial charge in [0, 0.05) is 20.3 Å². The van der Waals surface area contributed by atoms with Crippen molar-refractivity contribution in [3.8, 4) is 11.5 Å². The molecule has 0 aromatic heterocycles. The fourth-order valence-corrected chi connectivity index (χ4v) is 1.49. The molecule has 0 spiro atoms. The molecule has 1 aromatic rings. The smallest absolute Gasteiger partial charge is 0.314 e. The number of amides is 2. The molecule has 0 aliphatic carbocycles. The Morgan fingerprint density at radius 1 is 1.00 bits per heavy atom. The van der Waals surface area contributed by atoms with Gasteiger partial charge in [0.1, 0.15) is 18.1 Å². The zero-order valence-corrected chi connectivity index (χ0v) is 12.0. The van der Waals surface area contributed by atoms with Crippen LogP contribution in [0.2, 0.25) is 0 Å². The van der Waals surface area contributed by atoms with Gasteiger partial charge in [0.05, 0.1) is 13.7 Å². The first kappa shape index (κ1) is 16.1. The number of carbonyl (C=O) groups is 1. The lowest BCUT2D eigenvalue weighted by Crippen LogP contribution is -2.38. The third-order valence-electron chi connectivity index (χ3n) is 2.53. The molecule has 0 radical (unpaired) electrons. The summed E-state index contributed by atoms with van der Waals surface area (Å²) in [6, 6.07) is 7.10. The van der Waals surface area contributed by atoms with Crippen LogP contribution >= 0.6 is 0 Å². The normalized spacial score (nSPS) is 9.90. The fraction of sp³-hybridized carbons (Fsp3) is 0.500. The van der Waals surface area contributed by atoms with Crippen LogP contribution in [0.4, 0.5) is 4.79 Å².